The smallest absolute Gasteiger partial charge is 0.408 e. The average molecular weight is 327 g/mol. The first kappa shape index (κ1) is 19.5. The largest absolute Gasteiger partial charge is 0.467 e. The molecule has 0 bridgehead atoms. The van der Waals surface area contributed by atoms with Gasteiger partial charge in [0.2, 0.25) is 0 Å². The Balaban J connectivity index is 2.52. The maximum absolute atomic E-state index is 12.2. The van der Waals surface area contributed by atoms with E-state index in [0.717, 1.165) is 25.7 Å². The number of ketones is 1. The summed E-state index contributed by atoms with van der Waals surface area (Å²) in [7, 11) is 1.26. The van der Waals surface area contributed by atoms with Gasteiger partial charge in [-0.1, -0.05) is 19.3 Å². The fourth-order valence-corrected chi connectivity index (χ4v) is 2.76. The van der Waals surface area contributed by atoms with Gasteiger partial charge in [-0.05, 0) is 40.0 Å². The summed E-state index contributed by atoms with van der Waals surface area (Å²) in [6, 6.07) is -0.859. The van der Waals surface area contributed by atoms with Crippen LogP contribution in [-0.2, 0) is 19.1 Å². The molecule has 0 saturated heterocycles. The molecule has 0 radical (unpaired) electrons. The summed E-state index contributed by atoms with van der Waals surface area (Å²) >= 11 is 0. The number of nitrogens with one attached hydrogen (secondary N) is 1. The first-order valence-electron chi connectivity index (χ1n) is 8.33. The molecule has 0 spiro atoms. The quantitative estimate of drug-likeness (QED) is 0.758. The molecule has 1 fully saturated rings. The Morgan fingerprint density at radius 2 is 1.74 bits per heavy atom. The van der Waals surface area contributed by atoms with Crippen molar-refractivity contribution < 1.29 is 23.9 Å². The van der Waals surface area contributed by atoms with E-state index in [2.05, 4.69) is 5.32 Å². The van der Waals surface area contributed by atoms with Crippen molar-refractivity contribution in [2.24, 2.45) is 5.92 Å². The summed E-state index contributed by atoms with van der Waals surface area (Å²) in [6.45, 7) is 5.23. The molecule has 132 valence electrons. The molecule has 1 amide bonds. The Kier molecular flexibility index (Phi) is 7.52. The lowest BCUT2D eigenvalue weighted by molar-refractivity contribution is -0.143. The fraction of sp³-hybridized carbons (Fsp3) is 0.824. The van der Waals surface area contributed by atoms with Crippen molar-refractivity contribution in [2.75, 3.05) is 7.11 Å². The molecule has 1 unspecified atom stereocenters. The Morgan fingerprint density at radius 1 is 1.13 bits per heavy atom. The first-order chi connectivity index (χ1) is 10.7. The van der Waals surface area contributed by atoms with Gasteiger partial charge in [0.15, 0.2) is 0 Å². The van der Waals surface area contributed by atoms with Crippen molar-refractivity contribution in [1.82, 2.24) is 5.32 Å². The molecule has 1 aliphatic carbocycles. The third-order valence-electron chi connectivity index (χ3n) is 3.92. The maximum atomic E-state index is 12.2. The van der Waals surface area contributed by atoms with Gasteiger partial charge in [-0.3, -0.25) is 4.79 Å². The number of carbonyl (C=O) groups excluding carboxylic acids is 3. The van der Waals surface area contributed by atoms with Crippen molar-refractivity contribution in [1.29, 1.82) is 0 Å². The molecule has 0 aliphatic heterocycles. The van der Waals surface area contributed by atoms with Crippen molar-refractivity contribution in [3.05, 3.63) is 0 Å². The van der Waals surface area contributed by atoms with Gasteiger partial charge >= 0.3 is 12.1 Å². The lowest BCUT2D eigenvalue weighted by Gasteiger charge is -2.23. The number of amides is 1. The molecule has 6 nitrogen and oxygen atoms in total. The van der Waals surface area contributed by atoms with E-state index in [-0.39, 0.29) is 24.5 Å². The van der Waals surface area contributed by atoms with Crippen LogP contribution < -0.4 is 5.32 Å². The van der Waals surface area contributed by atoms with Crippen LogP contribution in [0.4, 0.5) is 4.79 Å². The van der Waals surface area contributed by atoms with Gasteiger partial charge in [0.05, 0.1) is 7.11 Å². The number of Topliss-reactive ketones (excluding diaryl/α,β-unsaturated/α-hetero) is 1. The number of alkyl carbamates (subject to hydrolysis) is 1. The third kappa shape index (κ3) is 7.48. The van der Waals surface area contributed by atoms with Crippen molar-refractivity contribution in [3.8, 4) is 0 Å². The minimum atomic E-state index is -0.859. The number of carbonyl (C=O) groups is 3. The second kappa shape index (κ2) is 8.89. The van der Waals surface area contributed by atoms with Crippen LogP contribution in [0.5, 0.6) is 0 Å². The highest BCUT2D eigenvalue weighted by atomic mass is 16.6. The Morgan fingerprint density at radius 3 is 2.26 bits per heavy atom. The van der Waals surface area contributed by atoms with E-state index in [4.69, 9.17) is 9.47 Å². The molecule has 23 heavy (non-hydrogen) atoms. The molecule has 1 rings (SSSR count). The number of esters is 1. The molecular formula is C17H29NO5. The average Bonchev–Trinajstić information content (AvgIpc) is 2.49. The van der Waals surface area contributed by atoms with E-state index in [1.165, 1.54) is 13.5 Å². The van der Waals surface area contributed by atoms with E-state index in [9.17, 15) is 14.4 Å². The second-order valence-corrected chi connectivity index (χ2v) is 7.06. The molecule has 0 aromatic heterocycles. The summed E-state index contributed by atoms with van der Waals surface area (Å²) in [4.78, 5) is 35.8. The Labute approximate surface area is 138 Å². The highest BCUT2D eigenvalue weighted by Gasteiger charge is 2.27. The number of methoxy groups -OCH3 is 1. The normalized spacial score (nSPS) is 17.2. The SMILES string of the molecule is COC(=O)C(CCC(=O)C1CCCCC1)NC(=O)OC(C)(C)C. The molecule has 1 atom stereocenters. The van der Waals surface area contributed by atoms with Gasteiger partial charge in [0.1, 0.15) is 17.4 Å². The van der Waals surface area contributed by atoms with Crippen LogP contribution >= 0.6 is 0 Å². The molecule has 0 aromatic carbocycles. The molecule has 0 heterocycles. The van der Waals surface area contributed by atoms with Crippen LogP contribution in [0.25, 0.3) is 0 Å². The topological polar surface area (TPSA) is 81.7 Å². The van der Waals surface area contributed by atoms with E-state index in [1.54, 1.807) is 20.8 Å². The zero-order chi connectivity index (χ0) is 17.5. The highest BCUT2D eigenvalue weighted by Crippen LogP contribution is 2.25. The highest BCUT2D eigenvalue weighted by molar-refractivity contribution is 5.84. The van der Waals surface area contributed by atoms with Crippen molar-refractivity contribution >= 4 is 17.8 Å². The standard InChI is InChI=1S/C17H29NO5/c1-17(2,3)23-16(21)18-13(15(20)22-4)10-11-14(19)12-8-6-5-7-9-12/h12-13H,5-11H2,1-4H3,(H,18,21). The van der Waals surface area contributed by atoms with Gasteiger partial charge in [-0.25, -0.2) is 9.59 Å². The maximum Gasteiger partial charge on any atom is 0.408 e. The minimum absolute atomic E-state index is 0.101. The van der Waals surface area contributed by atoms with Gasteiger partial charge in [0, 0.05) is 12.3 Å². The zero-order valence-corrected chi connectivity index (χ0v) is 14.6. The Hall–Kier alpha value is -1.59. The van der Waals surface area contributed by atoms with E-state index in [1.807, 2.05) is 0 Å². The summed E-state index contributed by atoms with van der Waals surface area (Å²) in [6.07, 6.45) is 5.05. The third-order valence-corrected chi connectivity index (χ3v) is 3.92. The predicted octanol–water partition coefficient (Wildman–Crippen LogP) is 2.98. The molecule has 1 saturated carbocycles. The van der Waals surface area contributed by atoms with Gasteiger partial charge in [-0.2, -0.15) is 0 Å². The lowest BCUT2D eigenvalue weighted by atomic mass is 9.84. The summed E-state index contributed by atoms with van der Waals surface area (Å²) in [5, 5.41) is 2.49. The lowest BCUT2D eigenvalue weighted by Crippen LogP contribution is -2.44. The van der Waals surface area contributed by atoms with E-state index in [0.29, 0.717) is 0 Å². The van der Waals surface area contributed by atoms with Crippen LogP contribution in [0.3, 0.4) is 0 Å². The monoisotopic (exact) mass is 327 g/mol. The van der Waals surface area contributed by atoms with Crippen LogP contribution in [0, 0.1) is 5.92 Å². The summed E-state index contributed by atoms with van der Waals surface area (Å²) < 4.78 is 9.84. The van der Waals surface area contributed by atoms with Crippen molar-refractivity contribution in [2.45, 2.75) is 77.4 Å². The molecular weight excluding hydrogens is 298 g/mol. The van der Waals surface area contributed by atoms with Crippen LogP contribution in [0.1, 0.15) is 65.7 Å². The Bertz CT molecular complexity index is 421. The molecule has 6 heteroatoms. The number of hydrogen-bond acceptors (Lipinski definition) is 5. The first-order valence-corrected chi connectivity index (χ1v) is 8.33. The van der Waals surface area contributed by atoms with Crippen LogP contribution in [0.15, 0.2) is 0 Å². The van der Waals surface area contributed by atoms with E-state index < -0.39 is 23.7 Å². The molecule has 1 aliphatic rings. The second-order valence-electron chi connectivity index (χ2n) is 7.06. The van der Waals surface area contributed by atoms with Crippen molar-refractivity contribution in [3.63, 3.8) is 0 Å². The number of ether oxygens (including phenoxy) is 2. The van der Waals surface area contributed by atoms with Gasteiger partial charge < -0.3 is 14.8 Å². The zero-order valence-electron chi connectivity index (χ0n) is 14.6. The van der Waals surface area contributed by atoms with Gasteiger partial charge in [-0.15, -0.1) is 0 Å². The van der Waals surface area contributed by atoms with Crippen LogP contribution in [-0.4, -0.2) is 36.6 Å². The molecule has 1 N–H and O–H groups in total. The summed E-state index contributed by atoms with van der Waals surface area (Å²) in [5.41, 5.74) is -0.650. The van der Waals surface area contributed by atoms with Gasteiger partial charge in [0.25, 0.3) is 0 Å². The molecule has 0 aromatic rings. The summed E-state index contributed by atoms with van der Waals surface area (Å²) in [5.74, 6) is -0.291. The number of hydrogen-bond donors (Lipinski definition) is 1. The number of rotatable bonds is 6. The minimum Gasteiger partial charge on any atom is -0.467 e. The van der Waals surface area contributed by atoms with Crippen LogP contribution in [0.2, 0.25) is 0 Å². The predicted molar refractivity (Wildman–Crippen MR) is 86.0 cm³/mol. The van der Waals surface area contributed by atoms with E-state index >= 15 is 0 Å². The fourth-order valence-electron chi connectivity index (χ4n) is 2.76.